The molecule has 1 amide bonds. The van der Waals surface area contributed by atoms with E-state index in [0.29, 0.717) is 24.0 Å². The number of amides is 1. The lowest BCUT2D eigenvalue weighted by atomic mass is 10.0. The van der Waals surface area contributed by atoms with Gasteiger partial charge in [0.1, 0.15) is 11.5 Å². The summed E-state index contributed by atoms with van der Waals surface area (Å²) in [5.74, 6) is 1.60. The van der Waals surface area contributed by atoms with Crippen LogP contribution in [0.25, 0.3) is 0 Å². The molecule has 2 rings (SSSR count). The average molecular weight is 392 g/mol. The molecular weight excluding hydrogens is 370 g/mol. The Labute approximate surface area is 151 Å². The third-order valence-corrected chi connectivity index (χ3v) is 4.03. The minimum absolute atomic E-state index is 0.0571. The molecule has 0 spiro atoms. The first kappa shape index (κ1) is 18.3. The normalized spacial score (nSPS) is 10.5. The summed E-state index contributed by atoms with van der Waals surface area (Å²) < 4.78 is 11.9. The summed E-state index contributed by atoms with van der Waals surface area (Å²) in [6.07, 6.45) is 0. The highest BCUT2D eigenvalue weighted by molar-refractivity contribution is 9.10. The van der Waals surface area contributed by atoms with Gasteiger partial charge in [-0.15, -0.1) is 0 Å². The topological polar surface area (TPSA) is 47.6 Å². The van der Waals surface area contributed by atoms with E-state index >= 15 is 0 Å². The molecule has 5 heteroatoms. The first-order valence-electron chi connectivity index (χ1n) is 7.94. The lowest BCUT2D eigenvalue weighted by Crippen LogP contribution is -2.20. The molecule has 2 aromatic carbocycles. The molecule has 0 aliphatic carbocycles. The Morgan fingerprint density at radius 3 is 2.62 bits per heavy atom. The summed E-state index contributed by atoms with van der Waals surface area (Å²) in [5.41, 5.74) is 1.90. The van der Waals surface area contributed by atoms with Gasteiger partial charge in [0.25, 0.3) is 5.91 Å². The Kier molecular flexibility index (Phi) is 6.67. The molecule has 0 bridgehead atoms. The van der Waals surface area contributed by atoms with E-state index in [9.17, 15) is 4.79 Å². The van der Waals surface area contributed by atoms with Gasteiger partial charge in [0, 0.05) is 11.8 Å². The molecule has 128 valence electrons. The van der Waals surface area contributed by atoms with Gasteiger partial charge in [-0.05, 0) is 58.6 Å². The van der Waals surface area contributed by atoms with Gasteiger partial charge in [-0.1, -0.05) is 26.0 Å². The molecule has 1 N–H and O–H groups in total. The second kappa shape index (κ2) is 8.73. The predicted molar refractivity (Wildman–Crippen MR) is 100.0 cm³/mol. The van der Waals surface area contributed by atoms with Gasteiger partial charge >= 0.3 is 0 Å². The van der Waals surface area contributed by atoms with Crippen LogP contribution in [0, 0.1) is 0 Å². The minimum atomic E-state index is -0.219. The SMILES string of the molecule is CCOc1cccc(NC(=O)COc2ccc(C(C)C)cc2Br)c1. The molecule has 0 saturated carbocycles. The van der Waals surface area contributed by atoms with Gasteiger partial charge in [-0.25, -0.2) is 0 Å². The standard InChI is InChI=1S/C19H22BrNO3/c1-4-23-16-7-5-6-15(11-16)21-19(22)12-24-18-9-8-14(13(2)3)10-17(18)20/h5-11,13H,4,12H2,1-3H3,(H,21,22). The van der Waals surface area contributed by atoms with Gasteiger partial charge in [-0.2, -0.15) is 0 Å². The van der Waals surface area contributed by atoms with E-state index < -0.39 is 0 Å². The lowest BCUT2D eigenvalue weighted by Gasteiger charge is -2.12. The Balaban J connectivity index is 1.92. The van der Waals surface area contributed by atoms with Crippen LogP contribution in [-0.2, 0) is 4.79 Å². The molecule has 0 aliphatic rings. The number of benzene rings is 2. The second-order valence-electron chi connectivity index (χ2n) is 5.64. The number of halogens is 1. The summed E-state index contributed by atoms with van der Waals surface area (Å²) in [4.78, 5) is 12.0. The van der Waals surface area contributed by atoms with Crippen molar-refractivity contribution < 1.29 is 14.3 Å². The first-order valence-corrected chi connectivity index (χ1v) is 8.74. The highest BCUT2D eigenvalue weighted by Gasteiger charge is 2.09. The van der Waals surface area contributed by atoms with Gasteiger partial charge in [-0.3, -0.25) is 4.79 Å². The van der Waals surface area contributed by atoms with E-state index in [0.717, 1.165) is 10.2 Å². The number of carbonyl (C=O) groups excluding carboxylic acids is 1. The van der Waals surface area contributed by atoms with E-state index in [-0.39, 0.29) is 12.5 Å². The van der Waals surface area contributed by atoms with E-state index in [1.165, 1.54) is 5.56 Å². The zero-order valence-corrected chi connectivity index (χ0v) is 15.7. The van der Waals surface area contributed by atoms with Gasteiger partial charge in [0.05, 0.1) is 11.1 Å². The van der Waals surface area contributed by atoms with Crippen molar-refractivity contribution in [3.63, 3.8) is 0 Å². The predicted octanol–water partition coefficient (Wildman–Crippen LogP) is 4.99. The van der Waals surface area contributed by atoms with E-state index in [1.54, 1.807) is 6.07 Å². The van der Waals surface area contributed by atoms with E-state index in [1.807, 2.05) is 43.3 Å². The molecule has 0 fully saturated rings. The minimum Gasteiger partial charge on any atom is -0.494 e. The summed E-state index contributed by atoms with van der Waals surface area (Å²) in [6.45, 7) is 6.71. The molecular formula is C19H22BrNO3. The van der Waals surface area contributed by atoms with Crippen molar-refractivity contribution >= 4 is 27.5 Å². The largest absolute Gasteiger partial charge is 0.494 e. The first-order chi connectivity index (χ1) is 11.5. The number of hydrogen-bond acceptors (Lipinski definition) is 3. The monoisotopic (exact) mass is 391 g/mol. The van der Waals surface area contributed by atoms with Crippen LogP contribution in [0.5, 0.6) is 11.5 Å². The molecule has 0 saturated heterocycles. The van der Waals surface area contributed by atoms with Crippen molar-refractivity contribution in [1.82, 2.24) is 0 Å². The fourth-order valence-electron chi connectivity index (χ4n) is 2.16. The average Bonchev–Trinajstić information content (AvgIpc) is 2.54. The number of anilines is 1. The highest BCUT2D eigenvalue weighted by Crippen LogP contribution is 2.29. The third-order valence-electron chi connectivity index (χ3n) is 3.41. The lowest BCUT2D eigenvalue weighted by molar-refractivity contribution is -0.118. The molecule has 0 aliphatic heterocycles. The fraction of sp³-hybridized carbons (Fsp3) is 0.316. The zero-order chi connectivity index (χ0) is 17.5. The molecule has 2 aromatic rings. The molecule has 0 heterocycles. The van der Waals surface area contributed by atoms with Crippen LogP contribution < -0.4 is 14.8 Å². The van der Waals surface area contributed by atoms with Gasteiger partial charge in [0.2, 0.25) is 0 Å². The zero-order valence-electron chi connectivity index (χ0n) is 14.1. The van der Waals surface area contributed by atoms with E-state index in [4.69, 9.17) is 9.47 Å². The molecule has 0 atom stereocenters. The Morgan fingerprint density at radius 2 is 1.96 bits per heavy atom. The van der Waals surface area contributed by atoms with Crippen LogP contribution in [0.1, 0.15) is 32.3 Å². The maximum Gasteiger partial charge on any atom is 0.262 e. The number of ether oxygens (including phenoxy) is 2. The van der Waals surface area contributed by atoms with Gasteiger partial charge in [0.15, 0.2) is 6.61 Å². The van der Waals surface area contributed by atoms with Crippen LogP contribution >= 0.6 is 15.9 Å². The molecule has 0 unspecified atom stereocenters. The van der Waals surface area contributed by atoms with Crippen molar-refractivity contribution in [3.8, 4) is 11.5 Å². The summed E-state index contributed by atoms with van der Waals surface area (Å²) in [6, 6.07) is 13.2. The van der Waals surface area contributed by atoms with Crippen molar-refractivity contribution in [2.45, 2.75) is 26.7 Å². The van der Waals surface area contributed by atoms with E-state index in [2.05, 4.69) is 35.1 Å². The van der Waals surface area contributed by atoms with Crippen LogP contribution in [0.15, 0.2) is 46.9 Å². The highest BCUT2D eigenvalue weighted by atomic mass is 79.9. The second-order valence-corrected chi connectivity index (χ2v) is 6.50. The van der Waals surface area contributed by atoms with Crippen LogP contribution in [0.3, 0.4) is 0 Å². The number of hydrogen-bond donors (Lipinski definition) is 1. The smallest absolute Gasteiger partial charge is 0.262 e. The Bertz CT molecular complexity index is 701. The third kappa shape index (κ3) is 5.27. The fourth-order valence-corrected chi connectivity index (χ4v) is 2.67. The van der Waals surface area contributed by atoms with Gasteiger partial charge < -0.3 is 14.8 Å². The number of nitrogens with one attached hydrogen (secondary N) is 1. The maximum absolute atomic E-state index is 12.0. The summed E-state index contributed by atoms with van der Waals surface area (Å²) >= 11 is 3.49. The number of carbonyl (C=O) groups is 1. The Hall–Kier alpha value is -2.01. The Morgan fingerprint density at radius 1 is 1.17 bits per heavy atom. The van der Waals surface area contributed by atoms with Crippen LogP contribution in [0.4, 0.5) is 5.69 Å². The van der Waals surface area contributed by atoms with Crippen molar-refractivity contribution in [2.75, 3.05) is 18.5 Å². The summed E-state index contributed by atoms with van der Waals surface area (Å²) in [5, 5.41) is 2.80. The van der Waals surface area contributed by atoms with Crippen LogP contribution in [0.2, 0.25) is 0 Å². The van der Waals surface area contributed by atoms with Crippen molar-refractivity contribution in [2.24, 2.45) is 0 Å². The maximum atomic E-state index is 12.0. The summed E-state index contributed by atoms with van der Waals surface area (Å²) in [7, 11) is 0. The van der Waals surface area contributed by atoms with Crippen molar-refractivity contribution in [1.29, 1.82) is 0 Å². The molecule has 24 heavy (non-hydrogen) atoms. The molecule has 0 radical (unpaired) electrons. The molecule has 0 aromatic heterocycles. The number of rotatable bonds is 7. The van der Waals surface area contributed by atoms with Crippen LogP contribution in [-0.4, -0.2) is 19.1 Å². The quantitative estimate of drug-likeness (QED) is 0.722. The molecule has 4 nitrogen and oxygen atoms in total. The van der Waals surface area contributed by atoms with Crippen molar-refractivity contribution in [3.05, 3.63) is 52.5 Å².